The van der Waals surface area contributed by atoms with Crippen LogP contribution in [-0.4, -0.2) is 33.4 Å². The number of rotatable bonds is 8. The van der Waals surface area contributed by atoms with Crippen LogP contribution < -0.4 is 10.1 Å². The van der Waals surface area contributed by atoms with Crippen LogP contribution in [0.4, 0.5) is 0 Å². The van der Waals surface area contributed by atoms with Crippen LogP contribution in [0.25, 0.3) is 0 Å². The van der Waals surface area contributed by atoms with E-state index >= 15 is 0 Å². The molecule has 1 aromatic carbocycles. The zero-order chi connectivity index (χ0) is 18.4. The lowest BCUT2D eigenvalue weighted by molar-refractivity contribution is -0.120. The van der Waals surface area contributed by atoms with Crippen LogP contribution >= 0.6 is 23.1 Å². The van der Waals surface area contributed by atoms with Crippen molar-refractivity contribution in [2.24, 2.45) is 0 Å². The molecule has 1 amide bonds. The Morgan fingerprint density at radius 2 is 2.19 bits per heavy atom. The summed E-state index contributed by atoms with van der Waals surface area (Å²) in [4.78, 5) is 18.0. The molecule has 1 unspecified atom stereocenters. The second kappa shape index (κ2) is 8.86. The number of nitrogens with zero attached hydrogens (tertiary/aromatic N) is 2. The summed E-state index contributed by atoms with van der Waals surface area (Å²) < 4.78 is 5.30. The molecule has 136 valence electrons. The molecule has 0 saturated carbocycles. The van der Waals surface area contributed by atoms with Gasteiger partial charge in [0.1, 0.15) is 11.6 Å². The second-order valence-electron chi connectivity index (χ2n) is 5.61. The minimum atomic E-state index is -0.296. The highest BCUT2D eigenvalue weighted by atomic mass is 32.2. The van der Waals surface area contributed by atoms with E-state index in [2.05, 4.69) is 26.6 Å². The molecule has 3 rings (SSSR count). The van der Waals surface area contributed by atoms with Gasteiger partial charge in [0.25, 0.3) is 0 Å². The molecule has 0 spiro atoms. The van der Waals surface area contributed by atoms with E-state index in [1.807, 2.05) is 42.6 Å². The molecule has 2 aromatic heterocycles. The molecular weight excluding hydrogens is 368 g/mol. The molecule has 0 aliphatic carbocycles. The van der Waals surface area contributed by atoms with Crippen LogP contribution in [0.15, 0.2) is 46.9 Å². The lowest BCUT2D eigenvalue weighted by Gasteiger charge is -2.12. The Morgan fingerprint density at radius 1 is 1.35 bits per heavy atom. The van der Waals surface area contributed by atoms with Gasteiger partial charge in [0, 0.05) is 23.4 Å². The molecule has 8 heteroatoms. The minimum absolute atomic E-state index is 0.0643. The number of nitrogens with one attached hydrogen (secondary N) is 2. The molecule has 26 heavy (non-hydrogen) atoms. The molecule has 6 nitrogen and oxygen atoms in total. The van der Waals surface area contributed by atoms with Gasteiger partial charge in [-0.15, -0.1) is 16.4 Å². The first-order valence-corrected chi connectivity index (χ1v) is 9.91. The number of H-pyrrole nitrogens is 1. The maximum Gasteiger partial charge on any atom is 0.233 e. The molecule has 2 heterocycles. The molecule has 0 radical (unpaired) electrons. The Balaban J connectivity index is 1.52. The van der Waals surface area contributed by atoms with Gasteiger partial charge in [0.2, 0.25) is 11.1 Å². The van der Waals surface area contributed by atoms with E-state index in [4.69, 9.17) is 4.74 Å². The fraction of sp³-hybridized carbons (Fsp3) is 0.278. The molecule has 0 fully saturated rings. The predicted octanol–water partition coefficient (Wildman–Crippen LogP) is 3.26. The number of hydrogen-bond acceptors (Lipinski definition) is 6. The summed E-state index contributed by atoms with van der Waals surface area (Å²) in [5.74, 6) is 1.50. The Morgan fingerprint density at radius 3 is 2.96 bits per heavy atom. The number of hydrogen-bond donors (Lipinski definition) is 2. The Hall–Kier alpha value is -2.32. The minimum Gasteiger partial charge on any atom is -0.496 e. The number of thioether (sulfide) groups is 1. The average Bonchev–Trinajstić information content (AvgIpc) is 3.32. The van der Waals surface area contributed by atoms with Crippen molar-refractivity contribution >= 4 is 29.0 Å². The van der Waals surface area contributed by atoms with Crippen LogP contribution in [0.3, 0.4) is 0 Å². The summed E-state index contributed by atoms with van der Waals surface area (Å²) >= 11 is 3.02. The van der Waals surface area contributed by atoms with Crippen molar-refractivity contribution in [2.45, 2.75) is 30.3 Å². The smallest absolute Gasteiger partial charge is 0.233 e. The number of carbonyl (C=O) groups excluding carboxylic acids is 1. The van der Waals surface area contributed by atoms with Gasteiger partial charge in [0.05, 0.1) is 12.4 Å². The third-order valence-corrected chi connectivity index (χ3v) is 5.57. The first kappa shape index (κ1) is 18.5. The number of ether oxygens (including phenoxy) is 1. The predicted molar refractivity (Wildman–Crippen MR) is 104 cm³/mol. The number of methoxy groups -OCH3 is 1. The highest BCUT2D eigenvalue weighted by Gasteiger charge is 2.17. The van der Waals surface area contributed by atoms with Gasteiger partial charge < -0.3 is 10.1 Å². The fourth-order valence-electron chi connectivity index (χ4n) is 2.37. The van der Waals surface area contributed by atoms with Gasteiger partial charge in [-0.25, -0.2) is 4.98 Å². The quantitative estimate of drug-likeness (QED) is 0.579. The van der Waals surface area contributed by atoms with Crippen LogP contribution in [-0.2, 0) is 17.8 Å². The third kappa shape index (κ3) is 4.86. The van der Waals surface area contributed by atoms with Gasteiger partial charge in [-0.2, -0.15) is 0 Å². The van der Waals surface area contributed by atoms with Crippen LogP contribution in [0.2, 0.25) is 0 Å². The summed E-state index contributed by atoms with van der Waals surface area (Å²) in [6.07, 6.45) is 0.722. The van der Waals surface area contributed by atoms with E-state index in [0.29, 0.717) is 11.7 Å². The van der Waals surface area contributed by atoms with Crippen molar-refractivity contribution in [2.75, 3.05) is 7.11 Å². The SMILES string of the molecule is COc1ccccc1CNC(=O)C(C)Sc1n[nH]c(Cc2cccs2)n1. The molecule has 1 atom stereocenters. The van der Waals surface area contributed by atoms with Crippen LogP contribution in [0.5, 0.6) is 5.75 Å². The van der Waals surface area contributed by atoms with Gasteiger partial charge in [-0.05, 0) is 24.4 Å². The summed E-state index contributed by atoms with van der Waals surface area (Å²) in [6, 6.07) is 11.7. The van der Waals surface area contributed by atoms with Gasteiger partial charge >= 0.3 is 0 Å². The van der Waals surface area contributed by atoms with Crippen molar-refractivity contribution in [1.82, 2.24) is 20.5 Å². The van der Waals surface area contributed by atoms with E-state index in [-0.39, 0.29) is 11.2 Å². The summed E-state index contributed by atoms with van der Waals surface area (Å²) in [5.41, 5.74) is 0.941. The topological polar surface area (TPSA) is 79.9 Å². The number of aromatic nitrogens is 3. The highest BCUT2D eigenvalue weighted by molar-refractivity contribution is 8.00. The van der Waals surface area contributed by atoms with E-state index in [0.717, 1.165) is 23.6 Å². The van der Waals surface area contributed by atoms with Gasteiger partial charge in [-0.3, -0.25) is 9.89 Å². The number of amides is 1. The normalized spacial score (nSPS) is 11.9. The number of aromatic amines is 1. The molecule has 2 N–H and O–H groups in total. The Bertz CT molecular complexity index is 849. The van der Waals surface area contributed by atoms with E-state index in [1.54, 1.807) is 18.4 Å². The van der Waals surface area contributed by atoms with Crippen molar-refractivity contribution in [3.8, 4) is 5.75 Å². The molecular formula is C18H20N4O2S2. The highest BCUT2D eigenvalue weighted by Crippen LogP contribution is 2.21. The largest absolute Gasteiger partial charge is 0.496 e. The van der Waals surface area contributed by atoms with E-state index in [9.17, 15) is 4.79 Å². The number of thiophene rings is 1. The lowest BCUT2D eigenvalue weighted by Crippen LogP contribution is -2.30. The van der Waals surface area contributed by atoms with Crippen LogP contribution in [0, 0.1) is 0 Å². The molecule has 0 aliphatic rings. The number of para-hydroxylation sites is 1. The zero-order valence-corrected chi connectivity index (χ0v) is 16.2. The molecule has 0 aliphatic heterocycles. The summed E-state index contributed by atoms with van der Waals surface area (Å²) in [5, 5.41) is 12.4. The Labute approximate surface area is 160 Å². The monoisotopic (exact) mass is 388 g/mol. The molecule has 0 saturated heterocycles. The first-order chi connectivity index (χ1) is 12.7. The fourth-order valence-corrected chi connectivity index (χ4v) is 3.85. The van der Waals surface area contributed by atoms with Crippen molar-refractivity contribution in [3.05, 3.63) is 58.0 Å². The number of carbonyl (C=O) groups is 1. The molecule has 3 aromatic rings. The summed E-state index contributed by atoms with van der Waals surface area (Å²) in [7, 11) is 1.62. The second-order valence-corrected chi connectivity index (χ2v) is 7.95. The van der Waals surface area contributed by atoms with E-state index < -0.39 is 0 Å². The van der Waals surface area contributed by atoms with Crippen molar-refractivity contribution in [3.63, 3.8) is 0 Å². The Kier molecular flexibility index (Phi) is 6.30. The third-order valence-electron chi connectivity index (χ3n) is 3.73. The standard InChI is InChI=1S/C18H20N4O2S2/c1-12(17(23)19-11-13-6-3-4-8-15(13)24-2)26-18-20-16(21-22-18)10-14-7-5-9-25-14/h3-9,12H,10-11H2,1-2H3,(H,19,23)(H,20,21,22). The van der Waals surface area contributed by atoms with Gasteiger partial charge in [-0.1, -0.05) is 36.0 Å². The first-order valence-electron chi connectivity index (χ1n) is 8.15. The van der Waals surface area contributed by atoms with Gasteiger partial charge in [0.15, 0.2) is 0 Å². The maximum atomic E-state index is 12.3. The molecule has 0 bridgehead atoms. The zero-order valence-electron chi connectivity index (χ0n) is 14.6. The van der Waals surface area contributed by atoms with Crippen molar-refractivity contribution in [1.29, 1.82) is 0 Å². The average molecular weight is 389 g/mol. The summed E-state index contributed by atoms with van der Waals surface area (Å²) in [6.45, 7) is 2.27. The lowest BCUT2D eigenvalue weighted by atomic mass is 10.2. The number of benzene rings is 1. The van der Waals surface area contributed by atoms with Crippen molar-refractivity contribution < 1.29 is 9.53 Å². The maximum absolute atomic E-state index is 12.3. The van der Waals surface area contributed by atoms with E-state index in [1.165, 1.54) is 16.6 Å². The van der Waals surface area contributed by atoms with Crippen LogP contribution in [0.1, 0.15) is 23.2 Å².